The number of anilines is 1. The number of aryl methyl sites for hydroxylation is 1. The summed E-state index contributed by atoms with van der Waals surface area (Å²) in [7, 11) is 1.94. The number of piperazine rings is 1. The normalized spacial score (nSPS) is 15.6. The largest absolute Gasteiger partial charge is 0.368 e. The summed E-state index contributed by atoms with van der Waals surface area (Å²) in [5.74, 6) is 0.859. The lowest BCUT2D eigenvalue weighted by molar-refractivity contribution is 0.255. The number of nitrogens with one attached hydrogen (secondary N) is 2. The van der Waals surface area contributed by atoms with Crippen molar-refractivity contribution >= 4 is 23.2 Å². The molecule has 0 unspecified atom stereocenters. The van der Waals surface area contributed by atoms with Gasteiger partial charge in [-0.25, -0.2) is 4.99 Å². The molecular weight excluding hydrogens is 386 g/mol. The summed E-state index contributed by atoms with van der Waals surface area (Å²) in [6, 6.07) is 10.1. The Hall–Kier alpha value is -2.25. The van der Waals surface area contributed by atoms with Gasteiger partial charge < -0.3 is 15.5 Å². The fourth-order valence-electron chi connectivity index (χ4n) is 3.49. The minimum atomic E-state index is 0.621. The fourth-order valence-corrected chi connectivity index (χ4v) is 3.74. The Bertz CT molecular complexity index is 781. The number of aliphatic imine (C=N–C) groups is 1. The van der Waals surface area contributed by atoms with Gasteiger partial charge >= 0.3 is 0 Å². The average molecular weight is 418 g/mol. The van der Waals surface area contributed by atoms with Crippen LogP contribution in [0.15, 0.2) is 41.5 Å². The number of benzene rings is 1. The summed E-state index contributed by atoms with van der Waals surface area (Å²) in [6.45, 7) is 9.72. The molecule has 2 N–H and O–H groups in total. The number of para-hydroxylation sites is 1. The molecule has 2 heterocycles. The summed E-state index contributed by atoms with van der Waals surface area (Å²) < 4.78 is 1.86. The van der Waals surface area contributed by atoms with Crippen LogP contribution in [0.1, 0.15) is 19.0 Å². The highest BCUT2D eigenvalue weighted by Crippen LogP contribution is 2.25. The molecule has 3 rings (SSSR count). The van der Waals surface area contributed by atoms with E-state index < -0.39 is 0 Å². The van der Waals surface area contributed by atoms with Gasteiger partial charge in [-0.15, -0.1) is 0 Å². The molecule has 1 aliphatic heterocycles. The molecule has 1 saturated heterocycles. The maximum absolute atomic E-state index is 6.33. The Morgan fingerprint density at radius 3 is 2.62 bits per heavy atom. The lowest BCUT2D eigenvalue weighted by atomic mass is 10.2. The zero-order valence-electron chi connectivity index (χ0n) is 17.4. The monoisotopic (exact) mass is 417 g/mol. The van der Waals surface area contributed by atoms with E-state index in [0.29, 0.717) is 6.54 Å². The number of guanidine groups is 1. The highest BCUT2D eigenvalue weighted by atomic mass is 35.5. The molecule has 0 bridgehead atoms. The highest BCUT2D eigenvalue weighted by molar-refractivity contribution is 6.33. The quantitative estimate of drug-likeness (QED) is 0.392. The van der Waals surface area contributed by atoms with Crippen LogP contribution in [0.5, 0.6) is 0 Å². The third kappa shape index (κ3) is 6.37. The summed E-state index contributed by atoms with van der Waals surface area (Å²) in [5, 5.41) is 11.8. The van der Waals surface area contributed by atoms with E-state index in [1.165, 1.54) is 0 Å². The van der Waals surface area contributed by atoms with E-state index in [9.17, 15) is 0 Å². The van der Waals surface area contributed by atoms with Crippen LogP contribution < -0.4 is 15.5 Å². The van der Waals surface area contributed by atoms with Crippen molar-refractivity contribution in [1.82, 2.24) is 25.3 Å². The second-order valence-corrected chi connectivity index (χ2v) is 7.61. The van der Waals surface area contributed by atoms with Crippen molar-refractivity contribution in [3.05, 3.63) is 47.2 Å². The number of hydrogen-bond donors (Lipinski definition) is 2. The first-order chi connectivity index (χ1) is 14.2. The van der Waals surface area contributed by atoms with E-state index >= 15 is 0 Å². The van der Waals surface area contributed by atoms with Gasteiger partial charge in [0.25, 0.3) is 0 Å². The predicted molar refractivity (Wildman–Crippen MR) is 121 cm³/mol. The van der Waals surface area contributed by atoms with E-state index in [1.807, 2.05) is 29.9 Å². The van der Waals surface area contributed by atoms with Crippen LogP contribution in [-0.2, 0) is 13.6 Å². The summed E-state index contributed by atoms with van der Waals surface area (Å²) in [5.41, 5.74) is 2.24. The minimum Gasteiger partial charge on any atom is -0.368 e. The zero-order valence-corrected chi connectivity index (χ0v) is 18.2. The van der Waals surface area contributed by atoms with Crippen molar-refractivity contribution in [3.63, 3.8) is 0 Å². The molecular formula is C21H32ClN7. The van der Waals surface area contributed by atoms with Crippen LogP contribution in [0.4, 0.5) is 5.69 Å². The minimum absolute atomic E-state index is 0.621. The Labute approximate surface area is 178 Å². The molecule has 158 valence electrons. The smallest absolute Gasteiger partial charge is 0.191 e. The van der Waals surface area contributed by atoms with Gasteiger partial charge in [-0.05, 0) is 38.1 Å². The lowest BCUT2D eigenvalue weighted by Gasteiger charge is -2.36. The van der Waals surface area contributed by atoms with E-state index in [0.717, 1.165) is 74.6 Å². The van der Waals surface area contributed by atoms with Gasteiger partial charge in [0.15, 0.2) is 5.96 Å². The molecule has 8 heteroatoms. The van der Waals surface area contributed by atoms with Crippen molar-refractivity contribution in [1.29, 1.82) is 0 Å². The maximum Gasteiger partial charge on any atom is 0.191 e. The van der Waals surface area contributed by atoms with Gasteiger partial charge in [-0.2, -0.15) is 5.10 Å². The summed E-state index contributed by atoms with van der Waals surface area (Å²) >= 11 is 6.33. The zero-order chi connectivity index (χ0) is 20.5. The molecule has 1 aromatic carbocycles. The first kappa shape index (κ1) is 21.5. The van der Waals surface area contributed by atoms with E-state index in [4.69, 9.17) is 11.6 Å². The third-order valence-electron chi connectivity index (χ3n) is 5.17. The van der Waals surface area contributed by atoms with Gasteiger partial charge in [0.05, 0.1) is 22.9 Å². The van der Waals surface area contributed by atoms with Crippen LogP contribution in [-0.4, -0.2) is 66.5 Å². The number of nitrogens with zero attached hydrogens (tertiary/aromatic N) is 5. The van der Waals surface area contributed by atoms with Gasteiger partial charge in [-0.3, -0.25) is 9.58 Å². The standard InChI is InChI=1S/C21H32ClN7/c1-3-23-21(25-17-18-9-11-26-27(18)2)24-10-6-12-28-13-15-29(16-14-28)20-8-5-4-7-19(20)22/h4-5,7-9,11H,3,6,10,12-17H2,1-2H3,(H2,23,24,25). The number of halogens is 1. The molecule has 1 fully saturated rings. The Morgan fingerprint density at radius 2 is 1.93 bits per heavy atom. The fraction of sp³-hybridized carbons (Fsp3) is 0.524. The second kappa shape index (κ2) is 11.1. The number of hydrogen-bond acceptors (Lipinski definition) is 4. The maximum atomic E-state index is 6.33. The molecule has 0 radical (unpaired) electrons. The number of rotatable bonds is 8. The molecule has 0 atom stereocenters. The molecule has 0 amide bonds. The molecule has 2 aromatic rings. The van der Waals surface area contributed by atoms with Crippen molar-refractivity contribution in [2.24, 2.45) is 12.0 Å². The van der Waals surface area contributed by atoms with Crippen LogP contribution >= 0.6 is 11.6 Å². The van der Waals surface area contributed by atoms with Crippen molar-refractivity contribution in [2.75, 3.05) is 50.7 Å². The summed E-state index contributed by atoms with van der Waals surface area (Å²) in [4.78, 5) is 9.56. The number of aromatic nitrogens is 2. The molecule has 7 nitrogen and oxygen atoms in total. The lowest BCUT2D eigenvalue weighted by Crippen LogP contribution is -2.47. The Morgan fingerprint density at radius 1 is 1.14 bits per heavy atom. The van der Waals surface area contributed by atoms with Gasteiger partial charge in [0.2, 0.25) is 0 Å². The molecule has 1 aromatic heterocycles. The molecule has 1 aliphatic rings. The van der Waals surface area contributed by atoms with Crippen molar-refractivity contribution < 1.29 is 0 Å². The average Bonchev–Trinajstić information content (AvgIpc) is 3.15. The van der Waals surface area contributed by atoms with Crippen LogP contribution in [0, 0.1) is 0 Å². The van der Waals surface area contributed by atoms with Gasteiger partial charge in [-0.1, -0.05) is 23.7 Å². The second-order valence-electron chi connectivity index (χ2n) is 7.20. The third-order valence-corrected chi connectivity index (χ3v) is 5.49. The molecule has 0 spiro atoms. The predicted octanol–water partition coefficient (Wildman–Crippen LogP) is 2.34. The first-order valence-electron chi connectivity index (χ1n) is 10.4. The van der Waals surface area contributed by atoms with Gasteiger partial charge in [0, 0.05) is 52.5 Å². The summed E-state index contributed by atoms with van der Waals surface area (Å²) in [6.07, 6.45) is 2.89. The van der Waals surface area contributed by atoms with Crippen LogP contribution in [0.3, 0.4) is 0 Å². The van der Waals surface area contributed by atoms with E-state index in [2.05, 4.69) is 49.6 Å². The van der Waals surface area contributed by atoms with Crippen molar-refractivity contribution in [3.8, 4) is 0 Å². The van der Waals surface area contributed by atoms with Crippen molar-refractivity contribution in [2.45, 2.75) is 19.9 Å². The Balaban J connectivity index is 1.37. The van der Waals surface area contributed by atoms with Crippen LogP contribution in [0.25, 0.3) is 0 Å². The Kier molecular flexibility index (Phi) is 8.19. The SMILES string of the molecule is CCNC(=NCc1ccnn1C)NCCCN1CCN(c2ccccc2Cl)CC1. The van der Waals surface area contributed by atoms with E-state index in [-0.39, 0.29) is 0 Å². The molecule has 0 aliphatic carbocycles. The van der Waals surface area contributed by atoms with Gasteiger partial charge in [0.1, 0.15) is 0 Å². The highest BCUT2D eigenvalue weighted by Gasteiger charge is 2.18. The molecule has 29 heavy (non-hydrogen) atoms. The first-order valence-corrected chi connectivity index (χ1v) is 10.8. The molecule has 0 saturated carbocycles. The van der Waals surface area contributed by atoms with E-state index in [1.54, 1.807) is 6.20 Å². The van der Waals surface area contributed by atoms with Crippen LogP contribution in [0.2, 0.25) is 5.02 Å². The topological polar surface area (TPSA) is 60.7 Å².